The maximum absolute atomic E-state index is 11.8. The molecule has 0 saturated carbocycles. The van der Waals surface area contributed by atoms with E-state index in [1.807, 2.05) is 6.92 Å². The summed E-state index contributed by atoms with van der Waals surface area (Å²) in [4.78, 5) is 15.6. The average Bonchev–Trinajstić information content (AvgIpc) is 2.26. The van der Waals surface area contributed by atoms with Gasteiger partial charge in [-0.2, -0.15) is 0 Å². The van der Waals surface area contributed by atoms with Crippen LogP contribution in [0.2, 0.25) is 5.02 Å². The van der Waals surface area contributed by atoms with Crippen molar-refractivity contribution in [3.63, 3.8) is 0 Å². The van der Waals surface area contributed by atoms with Crippen molar-refractivity contribution >= 4 is 28.3 Å². The molecule has 1 amide bonds. The van der Waals surface area contributed by atoms with Gasteiger partial charge in [-0.05, 0) is 19.4 Å². The third-order valence-electron chi connectivity index (χ3n) is 2.23. The Balaban J connectivity index is 2.55. The Hall–Kier alpha value is -0.940. The Morgan fingerprint density at radius 3 is 2.94 bits per heavy atom. The van der Waals surface area contributed by atoms with Crippen LogP contribution >= 0.6 is 11.6 Å². The van der Waals surface area contributed by atoms with Gasteiger partial charge in [-0.3, -0.25) is 14.0 Å². The molecule has 1 aromatic heterocycles. The van der Waals surface area contributed by atoms with Gasteiger partial charge in [0.2, 0.25) is 0 Å². The lowest BCUT2D eigenvalue weighted by atomic mass is 10.2. The van der Waals surface area contributed by atoms with E-state index in [2.05, 4.69) is 10.3 Å². The van der Waals surface area contributed by atoms with Crippen LogP contribution in [0, 0.1) is 0 Å². The van der Waals surface area contributed by atoms with Crippen molar-refractivity contribution in [1.82, 2.24) is 10.3 Å². The van der Waals surface area contributed by atoms with Crippen LogP contribution in [0.1, 0.15) is 23.7 Å². The number of hydrogen-bond acceptors (Lipinski definition) is 3. The van der Waals surface area contributed by atoms with Crippen molar-refractivity contribution in [3.05, 3.63) is 29.0 Å². The van der Waals surface area contributed by atoms with E-state index in [1.54, 1.807) is 12.3 Å². The molecule has 1 N–H and O–H groups in total. The van der Waals surface area contributed by atoms with E-state index in [9.17, 15) is 9.00 Å². The number of amides is 1. The largest absolute Gasteiger partial charge is 0.350 e. The fourth-order valence-electron chi connectivity index (χ4n) is 1.28. The van der Waals surface area contributed by atoms with Crippen LogP contribution in [0.25, 0.3) is 0 Å². The quantitative estimate of drug-likeness (QED) is 0.888. The smallest absolute Gasteiger partial charge is 0.253 e. The molecular formula is C11H15ClN2O2S. The molecule has 0 saturated heterocycles. The molecular weight excluding hydrogens is 260 g/mol. The molecule has 4 nitrogen and oxygen atoms in total. The molecule has 0 bridgehead atoms. The lowest BCUT2D eigenvalue weighted by Gasteiger charge is -2.13. The topological polar surface area (TPSA) is 59.1 Å². The maximum atomic E-state index is 11.8. The van der Waals surface area contributed by atoms with E-state index in [0.29, 0.717) is 22.8 Å². The highest BCUT2D eigenvalue weighted by molar-refractivity contribution is 7.84. The second-order valence-corrected chi connectivity index (χ2v) is 5.76. The van der Waals surface area contributed by atoms with Gasteiger partial charge in [-0.15, -0.1) is 0 Å². The van der Waals surface area contributed by atoms with Crippen LogP contribution in [0.15, 0.2) is 18.5 Å². The Morgan fingerprint density at radius 2 is 2.35 bits per heavy atom. The minimum absolute atomic E-state index is 0.0318. The van der Waals surface area contributed by atoms with Crippen LogP contribution in [0.5, 0.6) is 0 Å². The number of halogens is 1. The Kier molecular flexibility index (Phi) is 5.58. The van der Waals surface area contributed by atoms with Gasteiger partial charge in [0.05, 0.1) is 10.6 Å². The van der Waals surface area contributed by atoms with Crippen molar-refractivity contribution in [3.8, 4) is 0 Å². The summed E-state index contributed by atoms with van der Waals surface area (Å²) < 4.78 is 10.9. The summed E-state index contributed by atoms with van der Waals surface area (Å²) in [6, 6.07) is 1.54. The molecule has 1 rings (SSSR count). The Bertz CT molecular complexity index is 426. The van der Waals surface area contributed by atoms with Gasteiger partial charge in [0, 0.05) is 41.2 Å². The molecule has 94 valence electrons. The summed E-state index contributed by atoms with van der Waals surface area (Å²) >= 11 is 5.86. The summed E-state index contributed by atoms with van der Waals surface area (Å²) in [6.45, 7) is 1.87. The third-order valence-corrected chi connectivity index (χ3v) is 3.34. The summed E-state index contributed by atoms with van der Waals surface area (Å²) in [5.41, 5.74) is 0.408. The number of nitrogens with zero attached hydrogens (tertiary/aromatic N) is 1. The van der Waals surface area contributed by atoms with Crippen molar-refractivity contribution in [2.24, 2.45) is 0 Å². The zero-order valence-corrected chi connectivity index (χ0v) is 11.3. The van der Waals surface area contributed by atoms with E-state index in [-0.39, 0.29) is 11.9 Å². The first kappa shape index (κ1) is 14.1. The molecule has 0 fully saturated rings. The number of carbonyl (C=O) groups excluding carboxylic acids is 1. The minimum Gasteiger partial charge on any atom is -0.350 e. The summed E-state index contributed by atoms with van der Waals surface area (Å²) in [5.74, 6) is 0.345. The zero-order valence-electron chi connectivity index (χ0n) is 9.77. The lowest BCUT2D eigenvalue weighted by Crippen LogP contribution is -2.33. The number of pyridine rings is 1. The fourth-order valence-corrected chi connectivity index (χ4v) is 2.17. The van der Waals surface area contributed by atoms with Gasteiger partial charge in [0.1, 0.15) is 0 Å². The molecule has 1 heterocycles. The van der Waals surface area contributed by atoms with Crippen LogP contribution in [-0.4, -0.2) is 33.2 Å². The van der Waals surface area contributed by atoms with E-state index in [4.69, 9.17) is 11.6 Å². The van der Waals surface area contributed by atoms with Crippen LogP contribution in [-0.2, 0) is 10.8 Å². The molecule has 0 aliphatic heterocycles. The molecule has 0 spiro atoms. The highest BCUT2D eigenvalue weighted by Gasteiger charge is 2.12. The predicted octanol–water partition coefficient (Wildman–Crippen LogP) is 1.62. The predicted molar refractivity (Wildman–Crippen MR) is 69.7 cm³/mol. The van der Waals surface area contributed by atoms with Gasteiger partial charge in [-0.25, -0.2) is 0 Å². The van der Waals surface area contributed by atoms with Crippen LogP contribution < -0.4 is 5.32 Å². The van der Waals surface area contributed by atoms with Crippen LogP contribution in [0.4, 0.5) is 0 Å². The fraction of sp³-hybridized carbons (Fsp3) is 0.455. The first-order valence-corrected chi connectivity index (χ1v) is 7.31. The van der Waals surface area contributed by atoms with Crippen molar-refractivity contribution in [2.45, 2.75) is 19.4 Å². The molecule has 0 aromatic carbocycles. The third kappa shape index (κ3) is 4.83. The highest BCUT2D eigenvalue weighted by Crippen LogP contribution is 2.13. The standard InChI is InChI=1S/C11H15ClN2O2S/c1-8(4-6-17(2)16)14-11(15)9-3-5-13-7-10(9)12/h3,5,7-8H,4,6H2,1-2H3,(H,14,15). The first-order valence-electron chi connectivity index (χ1n) is 5.21. The molecule has 0 radical (unpaired) electrons. The average molecular weight is 275 g/mol. The van der Waals surface area contributed by atoms with Crippen molar-refractivity contribution in [1.29, 1.82) is 0 Å². The molecule has 17 heavy (non-hydrogen) atoms. The zero-order chi connectivity index (χ0) is 12.8. The molecule has 2 unspecified atom stereocenters. The number of aromatic nitrogens is 1. The van der Waals surface area contributed by atoms with E-state index < -0.39 is 10.8 Å². The van der Waals surface area contributed by atoms with Gasteiger partial charge < -0.3 is 5.32 Å². The number of nitrogens with one attached hydrogen (secondary N) is 1. The molecule has 0 aliphatic rings. The molecule has 2 atom stereocenters. The second-order valence-electron chi connectivity index (χ2n) is 3.80. The summed E-state index contributed by atoms with van der Waals surface area (Å²) in [5, 5.41) is 3.14. The Morgan fingerprint density at radius 1 is 1.65 bits per heavy atom. The van der Waals surface area contributed by atoms with Crippen LogP contribution in [0.3, 0.4) is 0 Å². The van der Waals surface area contributed by atoms with E-state index in [1.165, 1.54) is 12.4 Å². The van der Waals surface area contributed by atoms with Gasteiger partial charge in [-0.1, -0.05) is 11.6 Å². The van der Waals surface area contributed by atoms with Crippen molar-refractivity contribution in [2.75, 3.05) is 12.0 Å². The minimum atomic E-state index is -0.837. The molecule has 1 aromatic rings. The number of hydrogen-bond donors (Lipinski definition) is 1. The molecule has 0 aliphatic carbocycles. The Labute approximate surface area is 108 Å². The van der Waals surface area contributed by atoms with Gasteiger partial charge >= 0.3 is 0 Å². The SMILES string of the molecule is CC(CCS(C)=O)NC(=O)c1ccncc1Cl. The van der Waals surface area contributed by atoms with Gasteiger partial charge in [0.25, 0.3) is 5.91 Å². The van der Waals surface area contributed by atoms with Gasteiger partial charge in [0.15, 0.2) is 0 Å². The first-order chi connectivity index (χ1) is 8.00. The summed E-state index contributed by atoms with van der Waals surface area (Å²) in [7, 11) is -0.837. The lowest BCUT2D eigenvalue weighted by molar-refractivity contribution is 0.0939. The number of rotatable bonds is 5. The van der Waals surface area contributed by atoms with Crippen molar-refractivity contribution < 1.29 is 9.00 Å². The second kappa shape index (κ2) is 6.71. The van der Waals surface area contributed by atoms with E-state index >= 15 is 0 Å². The monoisotopic (exact) mass is 274 g/mol. The highest BCUT2D eigenvalue weighted by atomic mass is 35.5. The van der Waals surface area contributed by atoms with E-state index in [0.717, 1.165) is 0 Å². The molecule has 6 heteroatoms. The summed E-state index contributed by atoms with van der Waals surface area (Å²) in [6.07, 6.45) is 5.28. The number of carbonyl (C=O) groups is 1. The maximum Gasteiger partial charge on any atom is 0.253 e. The normalized spacial score (nSPS) is 14.1.